The topological polar surface area (TPSA) is 120 Å². The Bertz CT molecular complexity index is 204. The molecule has 0 bridgehead atoms. The van der Waals surface area contributed by atoms with Crippen molar-refractivity contribution in [2.75, 3.05) is 0 Å². The largest absolute Gasteiger partial charge is 0.388 e. The molecule has 1 fully saturated rings. The van der Waals surface area contributed by atoms with Gasteiger partial charge in [0.2, 0.25) is 0 Å². The second kappa shape index (κ2) is 3.35. The smallest absolute Gasteiger partial charge is 0.175 e. The first kappa shape index (κ1) is 9.38. The summed E-state index contributed by atoms with van der Waals surface area (Å²) in [5, 5.41) is 35.7. The number of nitrogens with two attached hydrogens (primary N) is 1. The van der Waals surface area contributed by atoms with E-state index < -0.39 is 30.6 Å². The first-order chi connectivity index (χ1) is 5.57. The van der Waals surface area contributed by atoms with Crippen LogP contribution in [0, 0.1) is 11.3 Å². The van der Waals surface area contributed by atoms with Crippen molar-refractivity contribution >= 4 is 0 Å². The average Bonchev–Trinajstić information content (AvgIpc) is 2.08. The van der Waals surface area contributed by atoms with Crippen LogP contribution in [0.5, 0.6) is 0 Å². The maximum Gasteiger partial charge on any atom is 0.175 e. The highest BCUT2D eigenvalue weighted by molar-refractivity contribution is 5.00. The van der Waals surface area contributed by atoms with E-state index in [1.165, 1.54) is 0 Å². The maximum absolute atomic E-state index is 9.15. The molecule has 0 radical (unpaired) electrons. The van der Waals surface area contributed by atoms with Gasteiger partial charge in [-0.15, -0.1) is 0 Å². The molecule has 0 saturated carbocycles. The van der Waals surface area contributed by atoms with Gasteiger partial charge in [-0.1, -0.05) is 0 Å². The van der Waals surface area contributed by atoms with Crippen molar-refractivity contribution < 1.29 is 20.1 Å². The summed E-state index contributed by atoms with van der Waals surface area (Å²) in [4.78, 5) is 0. The van der Waals surface area contributed by atoms with Crippen molar-refractivity contribution in [1.82, 2.24) is 0 Å². The van der Waals surface area contributed by atoms with Crippen LogP contribution >= 0.6 is 0 Å². The molecule has 0 aromatic rings. The molecule has 0 spiro atoms. The van der Waals surface area contributed by atoms with Crippen molar-refractivity contribution in [3.8, 4) is 6.07 Å². The Morgan fingerprint density at radius 1 is 1.25 bits per heavy atom. The predicted octanol–water partition coefficient (Wildman–Crippen LogP) is -2.72. The van der Waals surface area contributed by atoms with Crippen LogP contribution in [0.15, 0.2) is 0 Å². The summed E-state index contributed by atoms with van der Waals surface area (Å²) in [5.41, 5.74) is 5.23. The first-order valence-electron chi connectivity index (χ1n) is 3.42. The first-order valence-corrected chi connectivity index (χ1v) is 3.42. The van der Waals surface area contributed by atoms with E-state index in [4.69, 9.17) is 26.3 Å². The molecule has 5 atom stereocenters. The molecule has 6 heteroatoms. The minimum Gasteiger partial charge on any atom is -0.388 e. The fourth-order valence-corrected chi connectivity index (χ4v) is 1.00. The number of hydrogen-bond acceptors (Lipinski definition) is 6. The van der Waals surface area contributed by atoms with Crippen LogP contribution in [0.2, 0.25) is 0 Å². The van der Waals surface area contributed by atoms with Crippen molar-refractivity contribution in [3.63, 3.8) is 0 Å². The monoisotopic (exact) mass is 174 g/mol. The Labute approximate surface area is 68.8 Å². The Kier molecular flexibility index (Phi) is 2.62. The predicted molar refractivity (Wildman–Crippen MR) is 36.5 cm³/mol. The van der Waals surface area contributed by atoms with Crippen molar-refractivity contribution in [1.29, 1.82) is 5.26 Å². The van der Waals surface area contributed by atoms with E-state index in [1.54, 1.807) is 6.07 Å². The molecule has 0 amide bonds. The molecule has 1 unspecified atom stereocenters. The third-order valence-electron chi connectivity index (χ3n) is 1.80. The van der Waals surface area contributed by atoms with Crippen molar-refractivity contribution in [3.05, 3.63) is 0 Å². The lowest BCUT2D eigenvalue weighted by Gasteiger charge is -2.35. The zero-order chi connectivity index (χ0) is 9.30. The van der Waals surface area contributed by atoms with Gasteiger partial charge in [-0.25, -0.2) is 0 Å². The number of rotatable bonds is 0. The van der Waals surface area contributed by atoms with Crippen LogP contribution in [0.3, 0.4) is 0 Å². The lowest BCUT2D eigenvalue weighted by atomic mass is 9.98. The van der Waals surface area contributed by atoms with Crippen LogP contribution in [0.1, 0.15) is 0 Å². The van der Waals surface area contributed by atoms with Crippen molar-refractivity contribution in [2.45, 2.75) is 30.6 Å². The summed E-state index contributed by atoms with van der Waals surface area (Å²) in [5.74, 6) is 0. The van der Waals surface area contributed by atoms with Gasteiger partial charge in [0.1, 0.15) is 12.2 Å². The molecule has 1 heterocycles. The van der Waals surface area contributed by atoms with Crippen LogP contribution in [-0.4, -0.2) is 46.0 Å². The van der Waals surface area contributed by atoms with Gasteiger partial charge in [0.25, 0.3) is 0 Å². The summed E-state index contributed by atoms with van der Waals surface area (Å²) >= 11 is 0. The Morgan fingerprint density at radius 3 is 2.33 bits per heavy atom. The number of ether oxygens (including phenoxy) is 1. The van der Waals surface area contributed by atoms with E-state index in [0.29, 0.717) is 0 Å². The molecule has 1 rings (SSSR count). The zero-order valence-electron chi connectivity index (χ0n) is 6.16. The van der Waals surface area contributed by atoms with E-state index in [-0.39, 0.29) is 0 Å². The summed E-state index contributed by atoms with van der Waals surface area (Å²) < 4.78 is 4.59. The highest BCUT2D eigenvalue weighted by Crippen LogP contribution is 2.17. The molecule has 6 nitrogen and oxygen atoms in total. The Hall–Kier alpha value is -0.710. The average molecular weight is 174 g/mol. The Morgan fingerprint density at radius 2 is 1.83 bits per heavy atom. The minimum atomic E-state index is -1.41. The molecule has 0 aromatic heterocycles. The normalized spacial score (nSPS) is 48.4. The quantitative estimate of drug-likeness (QED) is 0.316. The van der Waals surface area contributed by atoms with E-state index in [2.05, 4.69) is 4.74 Å². The van der Waals surface area contributed by atoms with E-state index in [1.807, 2.05) is 0 Å². The molecule has 1 saturated heterocycles. The fraction of sp³-hybridized carbons (Fsp3) is 0.833. The van der Waals surface area contributed by atoms with Gasteiger partial charge in [-0.3, -0.25) is 0 Å². The van der Waals surface area contributed by atoms with E-state index in [9.17, 15) is 0 Å². The van der Waals surface area contributed by atoms with Gasteiger partial charge in [0, 0.05) is 0 Å². The van der Waals surface area contributed by atoms with Gasteiger partial charge >= 0.3 is 0 Å². The van der Waals surface area contributed by atoms with Crippen LogP contribution < -0.4 is 5.73 Å². The summed E-state index contributed by atoms with van der Waals surface area (Å²) in [6, 6.07) is 0.508. The van der Waals surface area contributed by atoms with Gasteiger partial charge in [-0.05, 0) is 0 Å². The molecule has 12 heavy (non-hydrogen) atoms. The van der Waals surface area contributed by atoms with Crippen LogP contribution in [0.4, 0.5) is 0 Å². The molecule has 1 aliphatic heterocycles. The molecule has 5 N–H and O–H groups in total. The highest BCUT2D eigenvalue weighted by atomic mass is 16.6. The highest BCUT2D eigenvalue weighted by Gasteiger charge is 2.41. The van der Waals surface area contributed by atoms with Crippen molar-refractivity contribution in [2.24, 2.45) is 5.73 Å². The second-order valence-corrected chi connectivity index (χ2v) is 2.63. The van der Waals surface area contributed by atoms with Gasteiger partial charge in [0.05, 0.1) is 12.1 Å². The van der Waals surface area contributed by atoms with Crippen LogP contribution in [-0.2, 0) is 4.74 Å². The van der Waals surface area contributed by atoms with E-state index in [0.717, 1.165) is 0 Å². The molecule has 0 aliphatic carbocycles. The standard InChI is InChI=1S/C6H10N2O4/c7-1-2-4(9)5(10)3(8)6(11)12-2/h2-6,9-11H,8H2/t2-,3-,4-,5-,6?/m1/s1. The third kappa shape index (κ3) is 1.41. The second-order valence-electron chi connectivity index (χ2n) is 2.63. The molecule has 0 aromatic carbocycles. The summed E-state index contributed by atoms with van der Waals surface area (Å²) in [7, 11) is 0. The van der Waals surface area contributed by atoms with Crippen LogP contribution in [0.25, 0.3) is 0 Å². The molecule has 1 aliphatic rings. The Balaban J connectivity index is 2.72. The number of aliphatic hydroxyl groups excluding tert-OH is 3. The molecular weight excluding hydrogens is 164 g/mol. The minimum absolute atomic E-state index is 1.08. The molecule has 68 valence electrons. The number of hydrogen-bond donors (Lipinski definition) is 4. The lowest BCUT2D eigenvalue weighted by Crippen LogP contribution is -2.60. The third-order valence-corrected chi connectivity index (χ3v) is 1.80. The summed E-state index contributed by atoms with van der Waals surface area (Å²) in [6.07, 6.45) is -5.34. The molecular formula is C6H10N2O4. The lowest BCUT2D eigenvalue weighted by molar-refractivity contribution is -0.226. The van der Waals surface area contributed by atoms with E-state index >= 15 is 0 Å². The van der Waals surface area contributed by atoms with Gasteiger partial charge in [0.15, 0.2) is 12.4 Å². The number of aliphatic hydroxyl groups is 3. The number of nitriles is 1. The maximum atomic E-state index is 9.15. The summed E-state index contributed by atoms with van der Waals surface area (Å²) in [6.45, 7) is 0. The van der Waals surface area contributed by atoms with Gasteiger partial charge < -0.3 is 25.8 Å². The number of nitrogens with zero attached hydrogens (tertiary/aromatic N) is 1. The zero-order valence-corrected chi connectivity index (χ0v) is 6.16. The SMILES string of the molecule is N#C[C@H]1OC(O)[C@H](N)[C@@H](O)[C@@H]1O. The van der Waals surface area contributed by atoms with Gasteiger partial charge in [-0.2, -0.15) is 5.26 Å². The fourth-order valence-electron chi connectivity index (χ4n) is 1.00.